The molecule has 0 aromatic carbocycles. The largest absolute Gasteiger partial charge is 0.342 e. The molecule has 0 radical (unpaired) electrons. The topological polar surface area (TPSA) is 63.1 Å². The first kappa shape index (κ1) is 15.1. The first-order valence-electron chi connectivity index (χ1n) is 9.10. The van der Waals surface area contributed by atoms with E-state index in [4.69, 9.17) is 0 Å². The maximum atomic E-state index is 13.4. The van der Waals surface area contributed by atoms with E-state index in [1.165, 1.54) is 25.7 Å². The van der Waals surface area contributed by atoms with Crippen molar-refractivity contribution >= 4 is 5.91 Å². The van der Waals surface area contributed by atoms with Gasteiger partial charge >= 0.3 is 0 Å². The van der Waals surface area contributed by atoms with E-state index in [9.17, 15) is 4.79 Å². The van der Waals surface area contributed by atoms with Crippen molar-refractivity contribution in [1.82, 2.24) is 25.0 Å². The van der Waals surface area contributed by atoms with Crippen LogP contribution in [0, 0.1) is 17.3 Å². The number of rotatable bonds is 3. The number of carbonyl (C=O) groups is 1. The van der Waals surface area contributed by atoms with Crippen LogP contribution in [0.2, 0.25) is 0 Å². The Hall–Kier alpha value is -1.43. The van der Waals surface area contributed by atoms with Crippen molar-refractivity contribution < 1.29 is 4.79 Å². The number of aromatic nitrogens is 3. The molecule has 23 heavy (non-hydrogen) atoms. The van der Waals surface area contributed by atoms with Gasteiger partial charge in [-0.15, -0.1) is 0 Å². The SMILES string of the molecule is O=C(N1CCCC(Cn2cncn2)C1)[C@@]12CCCC[C@H]1CNC2. The number of hydrogen-bond acceptors (Lipinski definition) is 4. The summed E-state index contributed by atoms with van der Waals surface area (Å²) in [7, 11) is 0. The minimum absolute atomic E-state index is 0.104. The average Bonchev–Trinajstić information content (AvgIpc) is 3.24. The summed E-state index contributed by atoms with van der Waals surface area (Å²) < 4.78 is 1.90. The second kappa shape index (κ2) is 6.23. The van der Waals surface area contributed by atoms with Gasteiger partial charge in [0.1, 0.15) is 12.7 Å². The van der Waals surface area contributed by atoms with Gasteiger partial charge in [0, 0.05) is 26.2 Å². The Kier molecular flexibility index (Phi) is 4.09. The molecule has 0 spiro atoms. The zero-order valence-electron chi connectivity index (χ0n) is 13.8. The Balaban J connectivity index is 1.45. The van der Waals surface area contributed by atoms with Gasteiger partial charge in [-0.2, -0.15) is 5.10 Å². The third-order valence-corrected chi connectivity index (χ3v) is 6.18. The Labute approximate surface area is 137 Å². The molecule has 1 unspecified atom stereocenters. The molecule has 0 bridgehead atoms. The van der Waals surface area contributed by atoms with Gasteiger partial charge in [0.25, 0.3) is 0 Å². The molecular formula is C17H27N5O. The molecule has 2 saturated heterocycles. The monoisotopic (exact) mass is 317 g/mol. The molecule has 1 saturated carbocycles. The lowest BCUT2D eigenvalue weighted by Gasteiger charge is -2.43. The summed E-state index contributed by atoms with van der Waals surface area (Å²) in [6.45, 7) is 4.61. The molecule has 6 heteroatoms. The number of nitrogens with zero attached hydrogens (tertiary/aromatic N) is 4. The highest BCUT2D eigenvalue weighted by Crippen LogP contribution is 2.45. The van der Waals surface area contributed by atoms with E-state index < -0.39 is 0 Å². The van der Waals surface area contributed by atoms with Crippen molar-refractivity contribution in [2.24, 2.45) is 17.3 Å². The van der Waals surface area contributed by atoms with Crippen molar-refractivity contribution in [3.63, 3.8) is 0 Å². The summed E-state index contributed by atoms with van der Waals surface area (Å²) >= 11 is 0. The van der Waals surface area contributed by atoms with Crippen molar-refractivity contribution in [1.29, 1.82) is 0 Å². The molecular weight excluding hydrogens is 290 g/mol. The van der Waals surface area contributed by atoms with Gasteiger partial charge in [-0.1, -0.05) is 12.8 Å². The zero-order chi connectivity index (χ0) is 15.7. The van der Waals surface area contributed by atoms with Crippen molar-refractivity contribution in [2.75, 3.05) is 26.2 Å². The van der Waals surface area contributed by atoms with Crippen LogP contribution in [-0.2, 0) is 11.3 Å². The molecule has 126 valence electrons. The van der Waals surface area contributed by atoms with Crippen LogP contribution in [0.5, 0.6) is 0 Å². The summed E-state index contributed by atoms with van der Waals surface area (Å²) in [5.74, 6) is 1.48. The van der Waals surface area contributed by atoms with Crippen molar-refractivity contribution in [2.45, 2.75) is 45.1 Å². The predicted molar refractivity (Wildman–Crippen MR) is 86.6 cm³/mol. The minimum Gasteiger partial charge on any atom is -0.342 e. The normalized spacial score (nSPS) is 34.3. The smallest absolute Gasteiger partial charge is 0.230 e. The summed E-state index contributed by atoms with van der Waals surface area (Å²) in [6.07, 6.45) is 10.4. The highest BCUT2D eigenvalue weighted by atomic mass is 16.2. The van der Waals surface area contributed by atoms with Gasteiger partial charge < -0.3 is 10.2 Å². The van der Waals surface area contributed by atoms with Crippen LogP contribution in [0.3, 0.4) is 0 Å². The Morgan fingerprint density at radius 1 is 1.30 bits per heavy atom. The number of nitrogens with one attached hydrogen (secondary N) is 1. The quantitative estimate of drug-likeness (QED) is 0.913. The molecule has 1 amide bonds. The van der Waals surface area contributed by atoms with E-state index in [0.717, 1.165) is 45.6 Å². The standard InChI is InChI=1S/C17H27N5O/c23-16(17-6-2-1-5-15(17)8-18-11-17)21-7-3-4-14(9-21)10-22-13-19-12-20-22/h12-15,18H,1-11H2/t14?,15-,17+/m0/s1. The fourth-order valence-electron chi connectivity index (χ4n) is 4.97. The van der Waals surface area contributed by atoms with E-state index in [2.05, 4.69) is 20.3 Å². The summed E-state index contributed by atoms with van der Waals surface area (Å²) in [6, 6.07) is 0. The molecule has 1 aliphatic carbocycles. The molecule has 1 aromatic heterocycles. The molecule has 1 aromatic rings. The maximum absolute atomic E-state index is 13.4. The highest BCUT2D eigenvalue weighted by molar-refractivity contribution is 5.84. The van der Waals surface area contributed by atoms with Crippen LogP contribution in [0.1, 0.15) is 38.5 Å². The minimum atomic E-state index is -0.104. The van der Waals surface area contributed by atoms with E-state index in [0.29, 0.717) is 17.7 Å². The average molecular weight is 317 g/mol. The van der Waals surface area contributed by atoms with Crippen LogP contribution in [0.4, 0.5) is 0 Å². The number of piperidine rings is 1. The molecule has 3 aliphatic rings. The lowest BCUT2D eigenvalue weighted by atomic mass is 9.67. The first-order valence-corrected chi connectivity index (χ1v) is 9.10. The van der Waals surface area contributed by atoms with Crippen LogP contribution >= 0.6 is 0 Å². The van der Waals surface area contributed by atoms with E-state index in [-0.39, 0.29) is 5.41 Å². The summed E-state index contributed by atoms with van der Waals surface area (Å²) in [5.41, 5.74) is -0.104. The number of likely N-dealkylation sites (tertiary alicyclic amines) is 1. The van der Waals surface area contributed by atoms with Crippen LogP contribution in [0.15, 0.2) is 12.7 Å². The zero-order valence-corrected chi connectivity index (χ0v) is 13.8. The second-order valence-corrected chi connectivity index (χ2v) is 7.61. The van der Waals surface area contributed by atoms with Gasteiger partial charge in [-0.05, 0) is 44.1 Å². The van der Waals surface area contributed by atoms with Gasteiger partial charge in [0.05, 0.1) is 5.41 Å². The molecule has 3 heterocycles. The van der Waals surface area contributed by atoms with Crippen molar-refractivity contribution in [3.8, 4) is 0 Å². The van der Waals surface area contributed by atoms with E-state index in [1.807, 2.05) is 4.68 Å². The fraction of sp³-hybridized carbons (Fsp3) is 0.824. The summed E-state index contributed by atoms with van der Waals surface area (Å²) in [4.78, 5) is 19.5. The predicted octanol–water partition coefficient (Wildman–Crippen LogP) is 1.30. The fourth-order valence-corrected chi connectivity index (χ4v) is 4.97. The molecule has 1 N–H and O–H groups in total. The van der Waals surface area contributed by atoms with Gasteiger partial charge in [-0.3, -0.25) is 9.48 Å². The van der Waals surface area contributed by atoms with E-state index >= 15 is 0 Å². The Bertz CT molecular complexity index is 545. The Morgan fingerprint density at radius 2 is 2.26 bits per heavy atom. The summed E-state index contributed by atoms with van der Waals surface area (Å²) in [5, 5.41) is 7.72. The third-order valence-electron chi connectivity index (χ3n) is 6.18. The highest BCUT2D eigenvalue weighted by Gasteiger charge is 2.51. The maximum Gasteiger partial charge on any atom is 0.230 e. The molecule has 6 nitrogen and oxygen atoms in total. The number of carbonyl (C=O) groups excluding carboxylic acids is 1. The number of amides is 1. The van der Waals surface area contributed by atoms with Crippen LogP contribution < -0.4 is 5.32 Å². The molecule has 4 rings (SSSR count). The molecule has 3 atom stereocenters. The van der Waals surface area contributed by atoms with Crippen LogP contribution in [-0.4, -0.2) is 51.8 Å². The number of fused-ring (bicyclic) bond motifs is 1. The first-order chi connectivity index (χ1) is 11.3. The lowest BCUT2D eigenvalue weighted by molar-refractivity contribution is -0.147. The van der Waals surface area contributed by atoms with Gasteiger partial charge in [0.15, 0.2) is 0 Å². The lowest BCUT2D eigenvalue weighted by Crippen LogP contribution is -2.52. The molecule has 3 fully saturated rings. The Morgan fingerprint density at radius 3 is 3.13 bits per heavy atom. The van der Waals surface area contributed by atoms with Crippen LogP contribution in [0.25, 0.3) is 0 Å². The molecule has 2 aliphatic heterocycles. The van der Waals surface area contributed by atoms with E-state index in [1.54, 1.807) is 12.7 Å². The number of hydrogen-bond donors (Lipinski definition) is 1. The van der Waals surface area contributed by atoms with Crippen molar-refractivity contribution in [3.05, 3.63) is 12.7 Å². The third kappa shape index (κ3) is 2.77. The van der Waals surface area contributed by atoms with Gasteiger partial charge in [-0.25, -0.2) is 4.98 Å². The second-order valence-electron chi connectivity index (χ2n) is 7.61. The van der Waals surface area contributed by atoms with Gasteiger partial charge in [0.2, 0.25) is 5.91 Å².